The molecule has 0 aromatic carbocycles. The Morgan fingerprint density at radius 2 is 0.952 bits per heavy atom. The smallest absolute Gasteiger partial charge is 0.333 e. The first-order chi connectivity index (χ1) is 39.8. The minimum Gasteiger partial charge on any atom is -0.394 e. The van der Waals surface area contributed by atoms with E-state index in [4.69, 9.17) is 38.6 Å². The number of hydrogen-bond donors (Lipinski definition) is 12. The van der Waals surface area contributed by atoms with Crippen LogP contribution in [0.15, 0.2) is 71.5 Å². The highest BCUT2D eigenvalue weighted by atomic mass is 19.1. The molecule has 472 valence electrons. The number of H-pyrrole nitrogens is 1. The van der Waals surface area contributed by atoms with Gasteiger partial charge in [0.1, 0.15) is 85.7 Å². The monoisotopic (exact) mass is 1200 g/mol. The van der Waals surface area contributed by atoms with Crippen LogP contribution in [0.5, 0.6) is 0 Å². The molecule has 4 unspecified atom stereocenters. The molecule has 84 heavy (non-hydrogen) atoms. The summed E-state index contributed by atoms with van der Waals surface area (Å²) in [6.45, 7) is 13.9. The number of aromatic nitrogens is 6. The van der Waals surface area contributed by atoms with Gasteiger partial charge in [-0.15, -0.1) is 0 Å². The fraction of sp³-hybridized carbons (Fsp3) is 0.673. The quantitative estimate of drug-likeness (QED) is 0.0566. The lowest BCUT2D eigenvalue weighted by molar-refractivity contribution is -0.120. The number of aliphatic hydroxyl groups is 10. The summed E-state index contributed by atoms with van der Waals surface area (Å²) in [6, 6.07) is 0. The predicted octanol–water partition coefficient (Wildman–Crippen LogP) is -5.20. The van der Waals surface area contributed by atoms with Crippen LogP contribution in [0.3, 0.4) is 0 Å². The van der Waals surface area contributed by atoms with Crippen LogP contribution in [0, 0.1) is 20.8 Å². The number of aryl methyl sites for hydroxylation is 3. The second-order valence-electron chi connectivity index (χ2n) is 20.3. The van der Waals surface area contributed by atoms with Crippen molar-refractivity contribution in [3.05, 3.63) is 122 Å². The summed E-state index contributed by atoms with van der Waals surface area (Å²) in [7, 11) is 0. The highest BCUT2D eigenvalue weighted by molar-refractivity contribution is 5.94. The summed E-state index contributed by atoms with van der Waals surface area (Å²) in [6.07, 6.45) is -9.27. The van der Waals surface area contributed by atoms with Gasteiger partial charge in [-0.3, -0.25) is 47.0 Å². The number of carbonyl (C=O) groups excluding carboxylic acids is 1. The molecule has 16 atom stereocenters. The lowest BCUT2D eigenvalue weighted by Crippen LogP contribution is -2.48. The van der Waals surface area contributed by atoms with Crippen molar-refractivity contribution in [1.82, 2.24) is 38.0 Å². The van der Waals surface area contributed by atoms with Gasteiger partial charge in [0.25, 0.3) is 22.6 Å². The molecular weight excluding hydrogens is 1120 g/mol. The van der Waals surface area contributed by atoms with Gasteiger partial charge in [-0.25, -0.2) is 18.8 Å². The SMILES string of the molecule is C=C1NC(=O)C(C)=CN1[C@@H]1O[C@H](CO)C(O)[C@H]1OCCF.CCCO[C@H]1C(O)[C@@H](CO)O[C@H]1n1cc(C)c(=O)[nH]c1=O.CCCn1c(=O)c(C)cn([C@@H]2O[C@H](CO)C(O)[C@@H]2O)c1=O.CCCn1c(=O)c(C)cn([C@@H]2O[C@H](CO)C(O)[C@H]2O)c1=O. The average molecular weight is 1200 g/mol. The third-order valence-corrected chi connectivity index (χ3v) is 14.1. The van der Waals surface area contributed by atoms with Gasteiger partial charge in [0, 0.05) is 66.8 Å². The number of nitrogens with zero attached hydrogens (tertiary/aromatic N) is 6. The maximum Gasteiger partial charge on any atom is 0.333 e. The van der Waals surface area contributed by atoms with Crippen molar-refractivity contribution in [3.8, 4) is 0 Å². The Morgan fingerprint density at radius 1 is 0.548 bits per heavy atom. The van der Waals surface area contributed by atoms with Crippen molar-refractivity contribution < 1.29 is 88.7 Å². The zero-order valence-corrected chi connectivity index (χ0v) is 47.6. The minimum absolute atomic E-state index is 0.199. The minimum atomic E-state index is -1.35. The molecule has 1 amide bonds. The van der Waals surface area contributed by atoms with Crippen molar-refractivity contribution in [1.29, 1.82) is 0 Å². The number of ether oxygens (including phenoxy) is 6. The lowest BCUT2D eigenvalue weighted by Gasteiger charge is -2.35. The molecule has 3 aromatic heterocycles. The fourth-order valence-electron chi connectivity index (χ4n) is 9.56. The summed E-state index contributed by atoms with van der Waals surface area (Å²) in [4.78, 5) is 87.2. The molecule has 4 fully saturated rings. The standard InChI is InChI=1S/C13H19FN2O5.3C13H20N2O6/c1-7-5-16(8(2)15-12(7)19)13-11(20-4-3-14)10(18)9(6-17)21-13;1-3-4-20-10-9(17)8(6-16)21-12(10)15-5-7(2)11(18)14-13(15)19;2*1-3-4-14-11(19)7(2)5-15(13(14)20)12-10(18)9(17)8(6-16)21-12/h5,9-11,13,17-18H,2-4,6H2,1H3,(H,15,19);5,8-10,12,16-17H,3-4,6H2,1-2H3,(H,14,18,19);2*5,8-10,12,16-18H,3-4,6H2,1-2H3/t9-,10?,11-,13-;2*8-,9?,10+,12-;8-,9?,10-,12-/m1111/s1. The van der Waals surface area contributed by atoms with Gasteiger partial charge in [0.05, 0.1) is 33.0 Å². The predicted molar refractivity (Wildman–Crippen MR) is 289 cm³/mol. The second-order valence-corrected chi connectivity index (χ2v) is 20.3. The number of halogens is 1. The van der Waals surface area contributed by atoms with Crippen molar-refractivity contribution in [3.63, 3.8) is 0 Å². The van der Waals surface area contributed by atoms with Crippen molar-refractivity contribution in [2.24, 2.45) is 0 Å². The molecule has 12 N–H and O–H groups in total. The van der Waals surface area contributed by atoms with Gasteiger partial charge < -0.3 is 89.7 Å². The normalized spacial score (nSPS) is 30.0. The average Bonchev–Trinajstić information content (AvgIpc) is 4.09. The van der Waals surface area contributed by atoms with E-state index in [-0.39, 0.29) is 49.1 Å². The summed E-state index contributed by atoms with van der Waals surface area (Å²) in [5.41, 5.74) is -1.67. The van der Waals surface area contributed by atoms with E-state index >= 15 is 0 Å². The van der Waals surface area contributed by atoms with E-state index in [1.165, 1.54) is 34.3 Å². The first kappa shape index (κ1) is 68.9. The first-order valence-electron chi connectivity index (χ1n) is 27.2. The summed E-state index contributed by atoms with van der Waals surface area (Å²) >= 11 is 0. The number of alkyl halides is 1. The molecule has 0 radical (unpaired) electrons. The van der Waals surface area contributed by atoms with Crippen molar-refractivity contribution in [2.75, 3.05) is 46.3 Å². The molecule has 0 bridgehead atoms. The molecule has 0 aliphatic carbocycles. The number of rotatable bonds is 18. The van der Waals surface area contributed by atoms with Gasteiger partial charge in [-0.1, -0.05) is 27.4 Å². The Bertz CT molecular complexity index is 3000. The molecule has 5 aliphatic heterocycles. The number of nitrogens with one attached hydrogen (secondary N) is 2. The highest BCUT2D eigenvalue weighted by Gasteiger charge is 2.49. The van der Waals surface area contributed by atoms with E-state index < -0.39 is 147 Å². The number of amides is 1. The molecule has 0 saturated carbocycles. The van der Waals surface area contributed by atoms with Gasteiger partial charge in [0.15, 0.2) is 24.9 Å². The summed E-state index contributed by atoms with van der Waals surface area (Å²) in [5, 5.41) is 98.9. The topological polar surface area (TPSA) is 433 Å². The van der Waals surface area contributed by atoms with E-state index in [9.17, 15) is 78.8 Å². The Labute approximate surface area is 478 Å². The van der Waals surface area contributed by atoms with Gasteiger partial charge in [-0.05, 0) is 47.0 Å². The van der Waals surface area contributed by atoms with E-state index in [0.717, 1.165) is 24.7 Å². The molecule has 4 saturated heterocycles. The first-order valence-corrected chi connectivity index (χ1v) is 27.2. The summed E-state index contributed by atoms with van der Waals surface area (Å²) < 4.78 is 50.4. The molecule has 8 heterocycles. The van der Waals surface area contributed by atoms with Crippen molar-refractivity contribution >= 4 is 5.91 Å². The maximum atomic E-state index is 12.4. The molecule has 8 rings (SSSR count). The van der Waals surface area contributed by atoms with Crippen LogP contribution in [0.1, 0.15) is 82.3 Å². The number of carbonyl (C=O) groups is 1. The highest BCUT2D eigenvalue weighted by Crippen LogP contribution is 2.33. The number of aromatic amines is 1. The molecule has 31 nitrogen and oxygen atoms in total. The molecular formula is C52H79FN8O23. The second kappa shape index (κ2) is 30.9. The fourth-order valence-corrected chi connectivity index (χ4v) is 9.56. The third kappa shape index (κ3) is 15.2. The Hall–Kier alpha value is -5.92. The van der Waals surface area contributed by atoms with Crippen LogP contribution < -0.4 is 39.1 Å². The molecule has 0 spiro atoms. The van der Waals surface area contributed by atoms with E-state index in [2.05, 4.69) is 16.9 Å². The maximum absolute atomic E-state index is 12.4. The van der Waals surface area contributed by atoms with Crippen LogP contribution >= 0.6 is 0 Å². The zero-order valence-electron chi connectivity index (χ0n) is 47.6. The van der Waals surface area contributed by atoms with Gasteiger partial charge in [0.2, 0.25) is 0 Å². The van der Waals surface area contributed by atoms with Crippen molar-refractivity contribution in [2.45, 2.75) is 179 Å². The van der Waals surface area contributed by atoms with E-state index in [1.54, 1.807) is 27.7 Å². The van der Waals surface area contributed by atoms with Gasteiger partial charge >= 0.3 is 17.1 Å². The number of hydrogen-bond acceptors (Lipinski definition) is 24. The number of aliphatic hydroxyl groups excluding tert-OH is 10. The van der Waals surface area contributed by atoms with Crippen LogP contribution in [0.4, 0.5) is 4.39 Å². The molecule has 32 heteroatoms. The summed E-state index contributed by atoms with van der Waals surface area (Å²) in [5.74, 6) is -0.0232. The molecule has 3 aromatic rings. The van der Waals surface area contributed by atoms with Crippen LogP contribution in [0.25, 0.3) is 0 Å². The Morgan fingerprint density at radius 3 is 1.37 bits per heavy atom. The third-order valence-electron chi connectivity index (χ3n) is 14.1. The van der Waals surface area contributed by atoms with Crippen LogP contribution in [-0.4, -0.2) is 215 Å². The van der Waals surface area contributed by atoms with Crippen LogP contribution in [0.2, 0.25) is 0 Å². The largest absolute Gasteiger partial charge is 0.394 e. The van der Waals surface area contributed by atoms with E-state index in [0.29, 0.717) is 41.7 Å². The Balaban J connectivity index is 0.000000205. The van der Waals surface area contributed by atoms with Crippen LogP contribution in [-0.2, 0) is 46.3 Å². The lowest BCUT2D eigenvalue weighted by atomic mass is 10.1. The Kier molecular flexibility index (Phi) is 25.4. The zero-order chi connectivity index (χ0) is 62.6. The van der Waals surface area contributed by atoms with E-state index in [1.807, 2.05) is 20.8 Å². The van der Waals surface area contributed by atoms with Gasteiger partial charge in [-0.2, -0.15) is 0 Å². The molecule has 5 aliphatic rings.